The van der Waals surface area contributed by atoms with Crippen molar-refractivity contribution >= 4 is 17.9 Å². The zero-order valence-electron chi connectivity index (χ0n) is 11.8. The van der Waals surface area contributed by atoms with Gasteiger partial charge in [0.1, 0.15) is 0 Å². The second-order valence-electron chi connectivity index (χ2n) is 5.24. The fourth-order valence-electron chi connectivity index (χ4n) is 1.65. The Kier molecular flexibility index (Phi) is 6.83. The second kappa shape index (κ2) is 8.39. The number of urea groups is 1. The lowest BCUT2D eigenvalue weighted by Crippen LogP contribution is -2.41. The molecule has 114 valence electrons. The molecular weight excluding hydrogens is 262 g/mol. The molecule has 0 aliphatic heterocycles. The van der Waals surface area contributed by atoms with Crippen molar-refractivity contribution in [2.75, 3.05) is 19.6 Å². The molecule has 0 aromatic carbocycles. The average molecular weight is 285 g/mol. The second-order valence-corrected chi connectivity index (χ2v) is 5.24. The summed E-state index contributed by atoms with van der Waals surface area (Å²) in [6, 6.07) is -0.298. The van der Waals surface area contributed by atoms with E-state index in [1.54, 1.807) is 0 Å². The third kappa shape index (κ3) is 7.60. The third-order valence-corrected chi connectivity index (χ3v) is 3.12. The fraction of sp³-hybridized carbons (Fsp3) is 0.769. The molecule has 3 amide bonds. The van der Waals surface area contributed by atoms with Crippen molar-refractivity contribution < 1.29 is 19.5 Å². The highest BCUT2D eigenvalue weighted by atomic mass is 16.4. The maximum absolute atomic E-state index is 11.4. The topological polar surface area (TPSA) is 108 Å². The van der Waals surface area contributed by atoms with E-state index < -0.39 is 5.97 Å². The first-order valence-corrected chi connectivity index (χ1v) is 7.00. The van der Waals surface area contributed by atoms with Crippen molar-refractivity contribution in [2.45, 2.75) is 32.6 Å². The summed E-state index contributed by atoms with van der Waals surface area (Å²) in [6.07, 6.45) is 2.58. The lowest BCUT2D eigenvalue weighted by molar-refractivity contribution is -0.137. The number of carboxylic acid groups (broad SMARTS) is 1. The quantitative estimate of drug-likeness (QED) is 0.457. The average Bonchev–Trinajstić information content (AvgIpc) is 3.23. The number of carbonyl (C=O) groups is 3. The highest BCUT2D eigenvalue weighted by Gasteiger charge is 2.28. The Morgan fingerprint density at radius 1 is 1.15 bits per heavy atom. The Hall–Kier alpha value is -1.79. The Morgan fingerprint density at radius 2 is 1.80 bits per heavy atom. The lowest BCUT2D eigenvalue weighted by Gasteiger charge is -2.12. The molecule has 0 bridgehead atoms. The molecule has 0 aromatic rings. The van der Waals surface area contributed by atoms with Crippen LogP contribution >= 0.6 is 0 Å². The summed E-state index contributed by atoms with van der Waals surface area (Å²) in [4.78, 5) is 33.1. The molecule has 20 heavy (non-hydrogen) atoms. The van der Waals surface area contributed by atoms with Gasteiger partial charge in [-0.1, -0.05) is 6.92 Å². The number of carbonyl (C=O) groups excluding carboxylic acids is 2. The molecule has 1 fully saturated rings. The van der Waals surface area contributed by atoms with Crippen molar-refractivity contribution in [1.29, 1.82) is 0 Å². The van der Waals surface area contributed by atoms with E-state index in [1.807, 2.05) is 6.92 Å². The van der Waals surface area contributed by atoms with E-state index in [2.05, 4.69) is 16.0 Å². The Bertz CT molecular complexity index is 356. The van der Waals surface area contributed by atoms with Crippen LogP contribution in [0.3, 0.4) is 0 Å². The molecule has 0 radical (unpaired) electrons. The van der Waals surface area contributed by atoms with Gasteiger partial charge in [-0.3, -0.25) is 9.59 Å². The molecule has 4 N–H and O–H groups in total. The molecule has 1 rings (SSSR count). The normalized spacial score (nSPS) is 15.2. The number of carboxylic acids is 1. The molecular formula is C13H23N3O4. The fourth-order valence-corrected chi connectivity index (χ4v) is 1.65. The molecule has 1 aliphatic carbocycles. The van der Waals surface area contributed by atoms with E-state index in [4.69, 9.17) is 5.11 Å². The molecule has 7 nitrogen and oxygen atoms in total. The van der Waals surface area contributed by atoms with E-state index in [9.17, 15) is 14.4 Å². The van der Waals surface area contributed by atoms with Gasteiger partial charge in [0.15, 0.2) is 0 Å². The zero-order valence-corrected chi connectivity index (χ0v) is 11.8. The molecule has 1 unspecified atom stereocenters. The van der Waals surface area contributed by atoms with E-state index in [0.29, 0.717) is 26.1 Å². The summed E-state index contributed by atoms with van der Waals surface area (Å²) < 4.78 is 0. The van der Waals surface area contributed by atoms with Crippen molar-refractivity contribution in [1.82, 2.24) is 16.0 Å². The van der Waals surface area contributed by atoms with Crippen LogP contribution in [0.25, 0.3) is 0 Å². The Morgan fingerprint density at radius 3 is 2.40 bits per heavy atom. The number of nitrogens with one attached hydrogen (secondary N) is 3. The summed E-state index contributed by atoms with van der Waals surface area (Å²) in [7, 11) is 0. The molecule has 1 atom stereocenters. The molecule has 0 heterocycles. The highest BCUT2D eigenvalue weighted by Crippen LogP contribution is 2.28. The van der Waals surface area contributed by atoms with Gasteiger partial charge in [0.25, 0.3) is 0 Å². The van der Waals surface area contributed by atoms with E-state index >= 15 is 0 Å². The first kappa shape index (κ1) is 16.3. The third-order valence-electron chi connectivity index (χ3n) is 3.12. The minimum absolute atomic E-state index is 0.0644. The van der Waals surface area contributed by atoms with Crippen molar-refractivity contribution in [3.05, 3.63) is 0 Å². The van der Waals surface area contributed by atoms with Crippen LogP contribution in [0.15, 0.2) is 0 Å². The maximum Gasteiger partial charge on any atom is 0.314 e. The molecule has 7 heteroatoms. The van der Waals surface area contributed by atoms with Gasteiger partial charge in [-0.05, 0) is 25.2 Å². The van der Waals surface area contributed by atoms with Crippen LogP contribution in [0.2, 0.25) is 0 Å². The largest absolute Gasteiger partial charge is 0.481 e. The predicted octanol–water partition coefficient (Wildman–Crippen LogP) is 0.313. The van der Waals surface area contributed by atoms with Crippen LogP contribution in [-0.4, -0.2) is 42.6 Å². The van der Waals surface area contributed by atoms with Crippen molar-refractivity contribution in [3.63, 3.8) is 0 Å². The van der Waals surface area contributed by atoms with Crippen molar-refractivity contribution in [3.8, 4) is 0 Å². The SMILES string of the molecule is CC(CCC(=O)O)CNC(=O)NCCNC(=O)C1CC1. The van der Waals surface area contributed by atoms with E-state index in [0.717, 1.165) is 12.8 Å². The highest BCUT2D eigenvalue weighted by molar-refractivity contribution is 5.80. The van der Waals surface area contributed by atoms with Crippen LogP contribution in [0.4, 0.5) is 4.79 Å². The molecule has 0 saturated heterocycles. The number of hydrogen-bond acceptors (Lipinski definition) is 3. The lowest BCUT2D eigenvalue weighted by atomic mass is 10.1. The van der Waals surface area contributed by atoms with E-state index in [1.165, 1.54) is 0 Å². The maximum atomic E-state index is 11.4. The number of aliphatic carboxylic acids is 1. The van der Waals surface area contributed by atoms with Gasteiger partial charge in [-0.2, -0.15) is 0 Å². The Balaban J connectivity index is 1.96. The van der Waals surface area contributed by atoms with Gasteiger partial charge in [0.05, 0.1) is 0 Å². The minimum atomic E-state index is -0.826. The predicted molar refractivity (Wildman–Crippen MR) is 73.2 cm³/mol. The van der Waals surface area contributed by atoms with Gasteiger partial charge in [-0.25, -0.2) is 4.79 Å². The summed E-state index contributed by atoms with van der Waals surface area (Å²) in [5.41, 5.74) is 0. The number of hydrogen-bond donors (Lipinski definition) is 4. The van der Waals surface area contributed by atoms with Crippen LogP contribution in [0.5, 0.6) is 0 Å². The van der Waals surface area contributed by atoms with Crippen LogP contribution in [-0.2, 0) is 9.59 Å². The van der Waals surface area contributed by atoms with Gasteiger partial charge >= 0.3 is 12.0 Å². The molecule has 0 aromatic heterocycles. The van der Waals surface area contributed by atoms with Crippen LogP contribution in [0, 0.1) is 11.8 Å². The standard InChI is InChI=1S/C13H23N3O4/c1-9(2-5-11(17)18)8-16-13(20)15-7-6-14-12(19)10-3-4-10/h9-10H,2-8H2,1H3,(H,14,19)(H,17,18)(H2,15,16,20). The van der Waals surface area contributed by atoms with Gasteiger partial charge in [0, 0.05) is 32.0 Å². The minimum Gasteiger partial charge on any atom is -0.481 e. The molecule has 0 spiro atoms. The van der Waals surface area contributed by atoms with Crippen LogP contribution < -0.4 is 16.0 Å². The summed E-state index contributed by atoms with van der Waals surface area (Å²) in [5.74, 6) is -0.465. The Labute approximate surface area is 118 Å². The summed E-state index contributed by atoms with van der Waals surface area (Å²) in [5, 5.41) is 16.6. The smallest absolute Gasteiger partial charge is 0.314 e. The van der Waals surface area contributed by atoms with Gasteiger partial charge in [0.2, 0.25) is 5.91 Å². The van der Waals surface area contributed by atoms with Crippen LogP contribution in [0.1, 0.15) is 32.6 Å². The van der Waals surface area contributed by atoms with E-state index in [-0.39, 0.29) is 30.2 Å². The summed E-state index contributed by atoms with van der Waals surface area (Å²) >= 11 is 0. The molecule has 1 saturated carbocycles. The monoisotopic (exact) mass is 285 g/mol. The first-order chi connectivity index (χ1) is 9.49. The van der Waals surface area contributed by atoms with Gasteiger partial charge < -0.3 is 21.1 Å². The van der Waals surface area contributed by atoms with Gasteiger partial charge in [-0.15, -0.1) is 0 Å². The summed E-state index contributed by atoms with van der Waals surface area (Å²) in [6.45, 7) is 3.14. The number of amides is 3. The first-order valence-electron chi connectivity index (χ1n) is 7.00. The zero-order chi connectivity index (χ0) is 15.0. The molecule has 1 aliphatic rings. The van der Waals surface area contributed by atoms with Crippen molar-refractivity contribution in [2.24, 2.45) is 11.8 Å². The number of rotatable bonds is 9.